The molecule has 0 N–H and O–H groups in total. The summed E-state index contributed by atoms with van der Waals surface area (Å²) in [4.78, 5) is 14.8. The van der Waals surface area contributed by atoms with Gasteiger partial charge in [-0.15, -0.1) is 0 Å². The molecular formula is C16H22ClNO. The standard InChI is InChI=1S/C16H22ClNO/c1-11(2)13-4-5-14(15(17)10-13)16(19)12-6-8-18(3)9-7-12/h4-5,10-12H,6-9H2,1-3H3. The smallest absolute Gasteiger partial charge is 0.167 e. The number of hydrogen-bond acceptors (Lipinski definition) is 2. The predicted octanol–water partition coefficient (Wildman–Crippen LogP) is 3.99. The number of carbonyl (C=O) groups is 1. The number of hydrogen-bond donors (Lipinski definition) is 0. The van der Waals surface area contributed by atoms with Crippen molar-refractivity contribution in [2.45, 2.75) is 32.6 Å². The Bertz CT molecular complexity index is 462. The largest absolute Gasteiger partial charge is 0.306 e. The topological polar surface area (TPSA) is 20.3 Å². The zero-order valence-electron chi connectivity index (χ0n) is 11.9. The molecule has 1 aromatic rings. The van der Waals surface area contributed by atoms with Gasteiger partial charge in [-0.05, 0) is 56.6 Å². The van der Waals surface area contributed by atoms with E-state index >= 15 is 0 Å². The molecule has 1 aliphatic heterocycles. The Hall–Kier alpha value is -0.860. The lowest BCUT2D eigenvalue weighted by atomic mass is 9.88. The van der Waals surface area contributed by atoms with Gasteiger partial charge in [0.1, 0.15) is 0 Å². The van der Waals surface area contributed by atoms with E-state index in [1.54, 1.807) is 0 Å². The molecule has 0 spiro atoms. The lowest BCUT2D eigenvalue weighted by molar-refractivity contribution is 0.0857. The molecule has 2 nitrogen and oxygen atoms in total. The molecule has 0 saturated carbocycles. The number of carbonyl (C=O) groups excluding carboxylic acids is 1. The van der Waals surface area contributed by atoms with Gasteiger partial charge in [0.2, 0.25) is 0 Å². The van der Waals surface area contributed by atoms with Crippen LogP contribution in [0.3, 0.4) is 0 Å². The van der Waals surface area contributed by atoms with Crippen molar-refractivity contribution in [2.24, 2.45) is 5.92 Å². The summed E-state index contributed by atoms with van der Waals surface area (Å²) in [5.74, 6) is 0.789. The van der Waals surface area contributed by atoms with Crippen molar-refractivity contribution < 1.29 is 4.79 Å². The molecule has 0 bridgehead atoms. The molecule has 0 radical (unpaired) electrons. The first-order valence-electron chi connectivity index (χ1n) is 7.01. The van der Waals surface area contributed by atoms with E-state index in [4.69, 9.17) is 11.6 Å². The van der Waals surface area contributed by atoms with Crippen LogP contribution in [0.2, 0.25) is 5.02 Å². The minimum Gasteiger partial charge on any atom is -0.306 e. The van der Waals surface area contributed by atoms with Crippen molar-refractivity contribution in [1.29, 1.82) is 0 Å². The molecule has 3 heteroatoms. The average molecular weight is 280 g/mol. The number of halogens is 1. The fraction of sp³-hybridized carbons (Fsp3) is 0.562. The summed E-state index contributed by atoms with van der Waals surface area (Å²) in [5, 5.41) is 0.607. The number of piperidine rings is 1. The first-order valence-corrected chi connectivity index (χ1v) is 7.39. The summed E-state index contributed by atoms with van der Waals surface area (Å²) in [6.45, 7) is 6.25. The quantitative estimate of drug-likeness (QED) is 0.780. The minimum atomic E-state index is 0.138. The Kier molecular flexibility index (Phi) is 4.64. The highest BCUT2D eigenvalue weighted by molar-refractivity contribution is 6.34. The summed E-state index contributed by atoms with van der Waals surface area (Å²) in [6.07, 6.45) is 1.88. The molecule has 0 atom stereocenters. The van der Waals surface area contributed by atoms with E-state index < -0.39 is 0 Å². The number of ketones is 1. The summed E-state index contributed by atoms with van der Waals surface area (Å²) < 4.78 is 0. The highest BCUT2D eigenvalue weighted by Crippen LogP contribution is 2.28. The van der Waals surface area contributed by atoms with Crippen molar-refractivity contribution >= 4 is 17.4 Å². The Morgan fingerprint density at radius 1 is 1.32 bits per heavy atom. The van der Waals surface area contributed by atoms with Crippen molar-refractivity contribution in [3.8, 4) is 0 Å². The molecule has 1 saturated heterocycles. The zero-order valence-corrected chi connectivity index (χ0v) is 12.7. The van der Waals surface area contributed by atoms with Gasteiger partial charge in [-0.2, -0.15) is 0 Å². The van der Waals surface area contributed by atoms with Crippen LogP contribution in [0, 0.1) is 5.92 Å². The van der Waals surface area contributed by atoms with Gasteiger partial charge in [-0.1, -0.05) is 31.5 Å². The van der Waals surface area contributed by atoms with Gasteiger partial charge in [0.05, 0.1) is 5.02 Å². The van der Waals surface area contributed by atoms with Crippen LogP contribution in [0.1, 0.15) is 48.5 Å². The summed E-state index contributed by atoms with van der Waals surface area (Å²) in [6, 6.07) is 5.87. The van der Waals surface area contributed by atoms with E-state index in [1.807, 2.05) is 18.2 Å². The van der Waals surface area contributed by atoms with E-state index in [9.17, 15) is 4.79 Å². The number of Topliss-reactive ketones (excluding diaryl/α,β-unsaturated/α-hetero) is 1. The van der Waals surface area contributed by atoms with Crippen molar-refractivity contribution in [1.82, 2.24) is 4.90 Å². The van der Waals surface area contributed by atoms with Gasteiger partial charge in [0.15, 0.2) is 5.78 Å². The van der Waals surface area contributed by atoms with Crippen LogP contribution in [0.4, 0.5) is 0 Å². The van der Waals surface area contributed by atoms with Gasteiger partial charge in [-0.3, -0.25) is 4.79 Å². The molecule has 0 amide bonds. The van der Waals surface area contributed by atoms with Crippen molar-refractivity contribution in [3.63, 3.8) is 0 Å². The van der Waals surface area contributed by atoms with Crippen LogP contribution in [-0.4, -0.2) is 30.8 Å². The van der Waals surface area contributed by atoms with Crippen LogP contribution >= 0.6 is 11.6 Å². The lowest BCUT2D eigenvalue weighted by Crippen LogP contribution is -2.33. The molecule has 2 rings (SSSR count). The molecule has 1 fully saturated rings. The van der Waals surface area contributed by atoms with Gasteiger partial charge >= 0.3 is 0 Å². The Balaban J connectivity index is 2.15. The first kappa shape index (κ1) is 14.5. The maximum atomic E-state index is 12.5. The summed E-state index contributed by atoms with van der Waals surface area (Å²) >= 11 is 6.28. The van der Waals surface area contributed by atoms with E-state index in [-0.39, 0.29) is 11.7 Å². The van der Waals surface area contributed by atoms with Gasteiger partial charge in [0.25, 0.3) is 0 Å². The highest BCUT2D eigenvalue weighted by Gasteiger charge is 2.25. The van der Waals surface area contributed by atoms with Crippen molar-refractivity contribution in [3.05, 3.63) is 34.3 Å². The molecule has 104 valence electrons. The average Bonchev–Trinajstić information content (AvgIpc) is 2.38. The molecule has 1 aliphatic rings. The maximum Gasteiger partial charge on any atom is 0.167 e. The summed E-state index contributed by atoms with van der Waals surface area (Å²) in [5.41, 5.74) is 1.88. The number of nitrogens with zero attached hydrogens (tertiary/aromatic N) is 1. The molecule has 0 unspecified atom stereocenters. The van der Waals surface area contributed by atoms with E-state index in [1.165, 1.54) is 5.56 Å². The van der Waals surface area contributed by atoms with E-state index in [0.717, 1.165) is 25.9 Å². The Morgan fingerprint density at radius 3 is 2.47 bits per heavy atom. The predicted molar refractivity (Wildman–Crippen MR) is 80.1 cm³/mol. The van der Waals surface area contributed by atoms with Crippen LogP contribution in [-0.2, 0) is 0 Å². The molecular weight excluding hydrogens is 258 g/mol. The normalized spacial score (nSPS) is 17.9. The second-order valence-electron chi connectivity index (χ2n) is 5.84. The molecule has 0 aromatic heterocycles. The highest BCUT2D eigenvalue weighted by atomic mass is 35.5. The number of benzene rings is 1. The molecule has 19 heavy (non-hydrogen) atoms. The Morgan fingerprint density at radius 2 is 1.95 bits per heavy atom. The number of rotatable bonds is 3. The second kappa shape index (κ2) is 6.06. The van der Waals surface area contributed by atoms with Gasteiger partial charge in [-0.25, -0.2) is 0 Å². The minimum absolute atomic E-state index is 0.138. The first-order chi connectivity index (χ1) is 8.99. The second-order valence-corrected chi connectivity index (χ2v) is 6.24. The fourth-order valence-corrected chi connectivity index (χ4v) is 2.86. The molecule has 1 heterocycles. The van der Waals surface area contributed by atoms with Gasteiger partial charge in [0, 0.05) is 11.5 Å². The monoisotopic (exact) mass is 279 g/mol. The fourth-order valence-electron chi connectivity index (χ4n) is 2.58. The van der Waals surface area contributed by atoms with Gasteiger partial charge < -0.3 is 4.90 Å². The third kappa shape index (κ3) is 3.37. The SMILES string of the molecule is CC(C)c1ccc(C(=O)C2CCN(C)CC2)c(Cl)c1. The van der Waals surface area contributed by atoms with Crippen LogP contribution in [0.5, 0.6) is 0 Å². The van der Waals surface area contributed by atoms with Crippen molar-refractivity contribution in [2.75, 3.05) is 20.1 Å². The maximum absolute atomic E-state index is 12.5. The zero-order chi connectivity index (χ0) is 14.0. The van der Waals surface area contributed by atoms with E-state index in [2.05, 4.69) is 25.8 Å². The van der Waals surface area contributed by atoms with Crippen LogP contribution in [0.25, 0.3) is 0 Å². The summed E-state index contributed by atoms with van der Waals surface area (Å²) in [7, 11) is 2.10. The van der Waals surface area contributed by atoms with E-state index in [0.29, 0.717) is 16.5 Å². The third-order valence-electron chi connectivity index (χ3n) is 4.01. The Labute approximate surface area is 120 Å². The third-order valence-corrected chi connectivity index (χ3v) is 4.33. The molecule has 0 aliphatic carbocycles. The molecule has 1 aromatic carbocycles. The number of likely N-dealkylation sites (tertiary alicyclic amines) is 1. The lowest BCUT2D eigenvalue weighted by Gasteiger charge is -2.28. The van der Waals surface area contributed by atoms with Crippen LogP contribution in [0.15, 0.2) is 18.2 Å². The van der Waals surface area contributed by atoms with Crippen LogP contribution < -0.4 is 0 Å².